The first-order valence-electron chi connectivity index (χ1n) is 5.60. The predicted molar refractivity (Wildman–Crippen MR) is 53.0 cm³/mol. The van der Waals surface area contributed by atoms with Gasteiger partial charge in [0.25, 0.3) is 0 Å². The lowest BCUT2D eigenvalue weighted by atomic mass is 9.80. The second-order valence-electron chi connectivity index (χ2n) is 4.76. The molecule has 0 heterocycles. The molecule has 3 nitrogen and oxygen atoms in total. The van der Waals surface area contributed by atoms with E-state index >= 15 is 0 Å². The fourth-order valence-electron chi connectivity index (χ4n) is 1.67. The number of carbonyl (C=O) groups is 1. The minimum absolute atomic E-state index is 0.217. The van der Waals surface area contributed by atoms with Crippen LogP contribution in [0.15, 0.2) is 0 Å². The zero-order valence-corrected chi connectivity index (χ0v) is 11.6. The Balaban J connectivity index is 6.24. The lowest BCUT2D eigenvalue weighted by Gasteiger charge is -2.39. The van der Waals surface area contributed by atoms with Crippen LogP contribution in [0.1, 0.15) is 6.92 Å². The van der Waals surface area contributed by atoms with E-state index < -0.39 is 47.9 Å². The minimum Gasteiger partial charge on any atom is -0.467 e. The summed E-state index contributed by atoms with van der Waals surface area (Å²) in [5, 5.41) is 9.29. The molecular formula is C10H9F11O3. The topological polar surface area (TPSA) is 46.5 Å². The number of hydrogen-bond donors (Lipinski definition) is 1. The molecule has 0 bridgehead atoms. The minimum atomic E-state index is -7.21. The summed E-state index contributed by atoms with van der Waals surface area (Å²) < 4.78 is 143. The molecular weight excluding hydrogens is 377 g/mol. The summed E-state index contributed by atoms with van der Waals surface area (Å²) in [6.45, 7) is -0.217. The number of hydrogen-bond acceptors (Lipinski definition) is 3. The monoisotopic (exact) mass is 386 g/mol. The first-order chi connectivity index (χ1) is 10.3. The Bertz CT molecular complexity index is 466. The maximum Gasteiger partial charge on any atom is 0.459 e. The number of ether oxygens (including phenoxy) is 1. The Labute approximate surface area is 126 Å². The van der Waals surface area contributed by atoms with Crippen molar-refractivity contribution in [2.75, 3.05) is 7.11 Å². The van der Waals surface area contributed by atoms with Crippen molar-refractivity contribution in [1.29, 1.82) is 0 Å². The van der Waals surface area contributed by atoms with Crippen molar-refractivity contribution < 1.29 is 62.9 Å². The van der Waals surface area contributed by atoms with E-state index in [0.29, 0.717) is 7.11 Å². The lowest BCUT2D eigenvalue weighted by Crippen LogP contribution is -2.64. The van der Waals surface area contributed by atoms with E-state index in [0.717, 1.165) is 0 Å². The van der Waals surface area contributed by atoms with E-state index in [2.05, 4.69) is 4.74 Å². The van der Waals surface area contributed by atoms with Gasteiger partial charge in [-0.2, -0.15) is 43.9 Å². The third kappa shape index (κ3) is 3.67. The zero-order chi connectivity index (χ0) is 19.9. The molecule has 0 radical (unpaired) electrons. The molecule has 144 valence electrons. The fourth-order valence-corrected chi connectivity index (χ4v) is 1.67. The maximum absolute atomic E-state index is 13.5. The average molecular weight is 386 g/mol. The van der Waals surface area contributed by atoms with Gasteiger partial charge in [0, 0.05) is 0 Å². The van der Waals surface area contributed by atoms with E-state index in [1.54, 1.807) is 0 Å². The quantitative estimate of drug-likeness (QED) is 0.583. The van der Waals surface area contributed by atoms with Crippen molar-refractivity contribution in [2.24, 2.45) is 5.92 Å². The van der Waals surface area contributed by atoms with Crippen LogP contribution in [-0.4, -0.2) is 54.2 Å². The van der Waals surface area contributed by atoms with Crippen molar-refractivity contribution in [1.82, 2.24) is 0 Å². The Morgan fingerprint density at radius 1 is 0.958 bits per heavy atom. The number of esters is 1. The predicted octanol–water partition coefficient (Wildman–Crippen LogP) is 3.26. The van der Waals surface area contributed by atoms with Gasteiger partial charge in [0.15, 0.2) is 11.8 Å². The van der Waals surface area contributed by atoms with Crippen LogP contribution >= 0.6 is 0 Å². The number of methoxy groups -OCH3 is 1. The molecule has 3 unspecified atom stereocenters. The molecule has 0 aromatic carbocycles. The normalized spacial score (nSPS) is 19.4. The molecule has 0 rings (SSSR count). The average Bonchev–Trinajstić information content (AvgIpc) is 2.33. The Morgan fingerprint density at radius 2 is 1.33 bits per heavy atom. The lowest BCUT2D eigenvalue weighted by molar-refractivity contribution is -0.380. The second-order valence-corrected chi connectivity index (χ2v) is 4.76. The highest BCUT2D eigenvalue weighted by atomic mass is 19.4. The van der Waals surface area contributed by atoms with Gasteiger partial charge in [-0.15, -0.1) is 0 Å². The van der Waals surface area contributed by atoms with Gasteiger partial charge in [0.1, 0.15) is 5.92 Å². The molecule has 0 aliphatic heterocycles. The summed E-state index contributed by atoms with van der Waals surface area (Å²) in [6, 6.07) is 0. The third-order valence-electron chi connectivity index (χ3n) is 2.97. The molecule has 1 N–H and O–H groups in total. The van der Waals surface area contributed by atoms with Crippen molar-refractivity contribution in [3.63, 3.8) is 0 Å². The summed E-state index contributed by atoms with van der Waals surface area (Å²) in [4.78, 5) is 11.0. The highest BCUT2D eigenvalue weighted by Gasteiger charge is 2.79. The van der Waals surface area contributed by atoms with Crippen molar-refractivity contribution in [3.05, 3.63) is 0 Å². The molecule has 24 heavy (non-hydrogen) atoms. The van der Waals surface area contributed by atoms with Crippen LogP contribution in [0.3, 0.4) is 0 Å². The van der Waals surface area contributed by atoms with Gasteiger partial charge in [-0.1, -0.05) is 0 Å². The van der Waals surface area contributed by atoms with Crippen LogP contribution in [0.25, 0.3) is 0 Å². The SMILES string of the molecule is COC(=O)C(C)(O)C(C(F)C(F)(F)C(F)(F)C(F)(F)F)C(F)(F)F. The molecule has 14 heteroatoms. The first-order valence-corrected chi connectivity index (χ1v) is 5.60. The van der Waals surface area contributed by atoms with Crippen LogP contribution in [-0.2, 0) is 9.53 Å². The van der Waals surface area contributed by atoms with E-state index in [4.69, 9.17) is 0 Å². The molecule has 0 spiro atoms. The molecule has 0 amide bonds. The van der Waals surface area contributed by atoms with Crippen LogP contribution in [0.2, 0.25) is 0 Å². The van der Waals surface area contributed by atoms with E-state index in [1.165, 1.54) is 0 Å². The van der Waals surface area contributed by atoms with Crippen LogP contribution < -0.4 is 0 Å². The van der Waals surface area contributed by atoms with E-state index in [1.807, 2.05) is 0 Å². The number of alkyl halides is 11. The first kappa shape index (κ1) is 22.7. The van der Waals surface area contributed by atoms with Gasteiger partial charge in [0.05, 0.1) is 7.11 Å². The zero-order valence-electron chi connectivity index (χ0n) is 11.6. The van der Waals surface area contributed by atoms with Crippen molar-refractivity contribution >= 4 is 5.97 Å². The molecule has 0 saturated carbocycles. The highest BCUT2D eigenvalue weighted by Crippen LogP contribution is 2.53. The second kappa shape index (κ2) is 6.19. The Kier molecular flexibility index (Phi) is 5.84. The molecule has 0 saturated heterocycles. The largest absolute Gasteiger partial charge is 0.467 e. The maximum atomic E-state index is 13.5. The number of aliphatic hydroxyl groups is 1. The smallest absolute Gasteiger partial charge is 0.459 e. The molecule has 0 fully saturated rings. The van der Waals surface area contributed by atoms with Gasteiger partial charge in [-0.05, 0) is 6.92 Å². The summed E-state index contributed by atoms with van der Waals surface area (Å²) in [5.74, 6) is -21.2. The summed E-state index contributed by atoms with van der Waals surface area (Å²) in [6.07, 6.45) is -18.7. The molecule has 0 aromatic rings. The van der Waals surface area contributed by atoms with Crippen molar-refractivity contribution in [2.45, 2.75) is 42.9 Å². The standard InChI is InChI=1S/C10H9F11O3/c1-6(23,5(22)24-2)3(8(14,15)16)4(11)7(12,13)9(17,18)10(19,20)21/h3-4,23H,1-2H3. The number of halogens is 11. The molecule has 0 aliphatic carbocycles. The summed E-state index contributed by atoms with van der Waals surface area (Å²) >= 11 is 0. The van der Waals surface area contributed by atoms with Crippen molar-refractivity contribution in [3.8, 4) is 0 Å². The van der Waals surface area contributed by atoms with Crippen LogP contribution in [0.4, 0.5) is 48.3 Å². The molecule has 0 aliphatic rings. The van der Waals surface area contributed by atoms with Gasteiger partial charge in [-0.25, -0.2) is 9.18 Å². The van der Waals surface area contributed by atoms with E-state index in [9.17, 15) is 58.2 Å². The van der Waals surface area contributed by atoms with Gasteiger partial charge in [0.2, 0.25) is 0 Å². The van der Waals surface area contributed by atoms with Gasteiger partial charge < -0.3 is 9.84 Å². The summed E-state index contributed by atoms with van der Waals surface area (Å²) in [7, 11) is 0.333. The van der Waals surface area contributed by atoms with E-state index in [-0.39, 0.29) is 6.92 Å². The Hall–Kier alpha value is -1.34. The summed E-state index contributed by atoms with van der Waals surface area (Å²) in [5.41, 5.74) is -4.21. The molecule has 0 aromatic heterocycles. The Morgan fingerprint density at radius 3 is 1.58 bits per heavy atom. The van der Waals surface area contributed by atoms with Crippen LogP contribution in [0, 0.1) is 5.92 Å². The van der Waals surface area contributed by atoms with Gasteiger partial charge in [-0.3, -0.25) is 0 Å². The van der Waals surface area contributed by atoms with Crippen LogP contribution in [0.5, 0.6) is 0 Å². The van der Waals surface area contributed by atoms with Gasteiger partial charge >= 0.3 is 30.2 Å². The fraction of sp³-hybridized carbons (Fsp3) is 0.900. The number of rotatable bonds is 5. The number of carbonyl (C=O) groups excluding carboxylic acids is 1. The molecule has 3 atom stereocenters. The third-order valence-corrected chi connectivity index (χ3v) is 2.97. The highest BCUT2D eigenvalue weighted by molar-refractivity contribution is 5.79.